The zero-order chi connectivity index (χ0) is 22.5. The van der Waals surface area contributed by atoms with Crippen LogP contribution in [0.15, 0.2) is 41.5 Å². The molecule has 0 saturated carbocycles. The van der Waals surface area contributed by atoms with Crippen LogP contribution in [0.4, 0.5) is 5.69 Å². The van der Waals surface area contributed by atoms with E-state index in [0.29, 0.717) is 5.56 Å². The SMILES string of the molecule is CC1(C)C(C(=O)OCc2ccc([N+](=O)[O-])cc2)N2C(=O)C(NC(=O)C3=NC=C3)[C@H]2[S+]1[O-]. The van der Waals surface area contributed by atoms with Crippen LogP contribution >= 0.6 is 0 Å². The number of nitrogens with one attached hydrogen (secondary N) is 1. The van der Waals surface area contributed by atoms with Gasteiger partial charge in [-0.3, -0.25) is 29.6 Å². The molecule has 2 fully saturated rings. The fraction of sp³-hybridized carbons (Fsp3) is 0.368. The number of carbonyl (C=O) groups excluding carboxylic acids is 3. The van der Waals surface area contributed by atoms with Gasteiger partial charge in [0.1, 0.15) is 12.3 Å². The van der Waals surface area contributed by atoms with Gasteiger partial charge in [-0.15, -0.1) is 0 Å². The minimum atomic E-state index is -1.64. The van der Waals surface area contributed by atoms with Gasteiger partial charge in [-0.2, -0.15) is 0 Å². The summed E-state index contributed by atoms with van der Waals surface area (Å²) in [6.45, 7) is 3.04. The first-order chi connectivity index (χ1) is 14.6. The number of nitrogens with zero attached hydrogens (tertiary/aromatic N) is 3. The highest BCUT2D eigenvalue weighted by molar-refractivity contribution is 7.94. The number of aliphatic imine (C=N–C) groups is 1. The molecule has 0 aromatic heterocycles. The van der Waals surface area contributed by atoms with E-state index < -0.39 is 56.1 Å². The molecule has 162 valence electrons. The van der Waals surface area contributed by atoms with Crippen LogP contribution in [0.5, 0.6) is 0 Å². The smallest absolute Gasteiger partial charge is 0.334 e. The first-order valence-electron chi connectivity index (χ1n) is 9.31. The Morgan fingerprint density at radius 1 is 1.32 bits per heavy atom. The Labute approximate surface area is 179 Å². The van der Waals surface area contributed by atoms with E-state index in [-0.39, 0.29) is 18.0 Å². The van der Waals surface area contributed by atoms with Crippen molar-refractivity contribution in [3.05, 3.63) is 52.2 Å². The second kappa shape index (κ2) is 7.46. The summed E-state index contributed by atoms with van der Waals surface area (Å²) < 4.78 is 17.2. The highest BCUT2D eigenvalue weighted by Gasteiger charge is 2.73. The van der Waals surface area contributed by atoms with E-state index in [4.69, 9.17) is 4.74 Å². The molecule has 4 rings (SSSR count). The minimum Gasteiger partial charge on any atom is -0.614 e. The number of esters is 1. The summed E-state index contributed by atoms with van der Waals surface area (Å²) in [7, 11) is 0. The lowest BCUT2D eigenvalue weighted by Crippen LogP contribution is -2.72. The molecule has 0 bridgehead atoms. The van der Waals surface area contributed by atoms with Gasteiger partial charge in [-0.25, -0.2) is 4.79 Å². The Kier molecular flexibility index (Phi) is 5.06. The van der Waals surface area contributed by atoms with Gasteiger partial charge in [0.15, 0.2) is 16.8 Å². The van der Waals surface area contributed by atoms with Crippen LogP contribution in [0.25, 0.3) is 0 Å². The Morgan fingerprint density at radius 2 is 1.97 bits per heavy atom. The van der Waals surface area contributed by atoms with Crippen molar-refractivity contribution in [3.8, 4) is 0 Å². The third-order valence-corrected chi connectivity index (χ3v) is 7.67. The molecule has 0 radical (unpaired) electrons. The van der Waals surface area contributed by atoms with Crippen LogP contribution in [0, 0.1) is 10.1 Å². The molecule has 0 spiro atoms. The van der Waals surface area contributed by atoms with Crippen LogP contribution in [-0.2, 0) is 36.9 Å². The predicted molar refractivity (Wildman–Crippen MR) is 108 cm³/mol. The van der Waals surface area contributed by atoms with Crippen LogP contribution in [0.2, 0.25) is 0 Å². The van der Waals surface area contributed by atoms with Crippen LogP contribution in [0.1, 0.15) is 19.4 Å². The van der Waals surface area contributed by atoms with Crippen molar-refractivity contribution >= 4 is 40.4 Å². The molecule has 4 atom stereocenters. The molecule has 2 amide bonds. The number of nitro benzene ring substituents is 1. The van der Waals surface area contributed by atoms with E-state index in [1.807, 2.05) is 0 Å². The monoisotopic (exact) mass is 446 g/mol. The molecular weight excluding hydrogens is 428 g/mol. The number of ether oxygens (including phenoxy) is 1. The maximum absolute atomic E-state index is 13.0. The zero-order valence-electron chi connectivity index (χ0n) is 16.5. The molecule has 1 aromatic carbocycles. The van der Waals surface area contributed by atoms with Crippen LogP contribution < -0.4 is 5.32 Å². The van der Waals surface area contributed by atoms with Gasteiger partial charge in [-0.05, 0) is 48.8 Å². The lowest BCUT2D eigenvalue weighted by molar-refractivity contribution is -0.384. The third kappa shape index (κ3) is 3.37. The fourth-order valence-corrected chi connectivity index (χ4v) is 5.64. The number of nitro groups is 1. The lowest BCUT2D eigenvalue weighted by Gasteiger charge is -2.41. The molecule has 2 saturated heterocycles. The average Bonchev–Trinajstić information content (AvgIpc) is 2.87. The first-order valence-corrected chi connectivity index (χ1v) is 10.5. The molecule has 12 heteroatoms. The summed E-state index contributed by atoms with van der Waals surface area (Å²) in [5.74, 6) is -1.79. The lowest BCUT2D eigenvalue weighted by atomic mass is 9.96. The number of rotatable bonds is 6. The topological polar surface area (TPSA) is 154 Å². The van der Waals surface area contributed by atoms with E-state index in [1.165, 1.54) is 41.4 Å². The number of β-lactam (4-membered cyclic amide) rings is 1. The summed E-state index contributed by atoms with van der Waals surface area (Å²) in [4.78, 5) is 52.7. The number of hydrogen-bond donors (Lipinski definition) is 1. The van der Waals surface area contributed by atoms with Crippen molar-refractivity contribution in [2.45, 2.75) is 42.7 Å². The second-order valence-corrected chi connectivity index (χ2v) is 9.88. The summed E-state index contributed by atoms with van der Waals surface area (Å²) in [5.41, 5.74) is 0.614. The quantitative estimate of drug-likeness (QED) is 0.215. The van der Waals surface area contributed by atoms with Crippen molar-refractivity contribution in [3.63, 3.8) is 0 Å². The molecule has 1 aromatic rings. The Bertz CT molecular complexity index is 1040. The summed E-state index contributed by atoms with van der Waals surface area (Å²) >= 11 is -1.64. The highest BCUT2D eigenvalue weighted by atomic mass is 32.2. The molecule has 3 heterocycles. The van der Waals surface area contributed by atoms with Gasteiger partial charge in [0.25, 0.3) is 17.5 Å². The number of non-ortho nitro benzene ring substituents is 1. The van der Waals surface area contributed by atoms with E-state index in [9.17, 15) is 29.1 Å². The molecular formula is C19H18N4O7S. The average molecular weight is 446 g/mol. The van der Waals surface area contributed by atoms with E-state index >= 15 is 0 Å². The van der Waals surface area contributed by atoms with Gasteiger partial charge >= 0.3 is 5.97 Å². The first kappa shape index (κ1) is 21.0. The predicted octanol–water partition coefficient (Wildman–Crippen LogP) is 0.169. The van der Waals surface area contributed by atoms with Gasteiger partial charge in [0.2, 0.25) is 5.37 Å². The van der Waals surface area contributed by atoms with Crippen LogP contribution in [-0.4, -0.2) is 60.1 Å². The molecule has 1 N–H and O–H groups in total. The standard InChI is InChI=1S/C19H18N4O7S/c1-19(2)14(18(26)30-9-10-3-5-11(6-4-10)23(27)28)22-16(25)13(17(22)31(19)29)21-15(24)12-7-8-20-12/h3-8,13-14,17H,9H2,1-2H3,(H,21,24)/t13?,14?,17-,31?/m1/s1. The van der Waals surface area contributed by atoms with Gasteiger partial charge < -0.3 is 14.6 Å². The van der Waals surface area contributed by atoms with Crippen molar-refractivity contribution in [2.75, 3.05) is 0 Å². The van der Waals surface area contributed by atoms with Gasteiger partial charge in [0.05, 0.1) is 4.92 Å². The van der Waals surface area contributed by atoms with Crippen LogP contribution in [0.3, 0.4) is 0 Å². The number of hydrogen-bond acceptors (Lipinski definition) is 8. The van der Waals surface area contributed by atoms with Crippen molar-refractivity contribution < 1.29 is 28.6 Å². The Hall–Kier alpha value is -3.25. The number of amides is 2. The Balaban J connectivity index is 1.44. The van der Waals surface area contributed by atoms with E-state index in [1.54, 1.807) is 13.8 Å². The van der Waals surface area contributed by atoms with Crippen molar-refractivity contribution in [2.24, 2.45) is 4.99 Å². The summed E-state index contributed by atoms with van der Waals surface area (Å²) in [5, 5.41) is 12.4. The molecule has 3 aliphatic heterocycles. The largest absolute Gasteiger partial charge is 0.614 e. The minimum absolute atomic E-state index is 0.0899. The van der Waals surface area contributed by atoms with Crippen molar-refractivity contribution in [1.29, 1.82) is 0 Å². The maximum atomic E-state index is 13.0. The van der Waals surface area contributed by atoms with E-state index in [2.05, 4.69) is 10.3 Å². The maximum Gasteiger partial charge on any atom is 0.334 e. The Morgan fingerprint density at radius 3 is 2.52 bits per heavy atom. The van der Waals surface area contributed by atoms with Crippen molar-refractivity contribution in [1.82, 2.24) is 10.2 Å². The molecule has 0 aliphatic carbocycles. The molecule has 31 heavy (non-hydrogen) atoms. The normalized spacial score (nSPS) is 27.5. The molecule has 3 unspecified atom stereocenters. The third-order valence-electron chi connectivity index (χ3n) is 5.47. The zero-order valence-corrected chi connectivity index (χ0v) is 17.3. The summed E-state index contributed by atoms with van der Waals surface area (Å²) in [6.07, 6.45) is 2.93. The van der Waals surface area contributed by atoms with E-state index in [0.717, 1.165) is 0 Å². The van der Waals surface area contributed by atoms with Gasteiger partial charge in [0, 0.05) is 18.3 Å². The second-order valence-electron chi connectivity index (χ2n) is 7.75. The number of fused-ring (bicyclic) bond motifs is 1. The van der Waals surface area contributed by atoms with Gasteiger partial charge in [-0.1, -0.05) is 0 Å². The summed E-state index contributed by atoms with van der Waals surface area (Å²) in [6, 6.07) is 3.42. The highest BCUT2D eigenvalue weighted by Crippen LogP contribution is 2.46. The molecule has 3 aliphatic rings. The number of benzene rings is 1. The number of carbonyl (C=O) groups is 3. The fourth-order valence-electron chi connectivity index (χ4n) is 3.72. The molecule has 11 nitrogen and oxygen atoms in total.